The number of aliphatic hydroxyl groups is 3. The summed E-state index contributed by atoms with van der Waals surface area (Å²) in [6.45, 7) is 3.59. The summed E-state index contributed by atoms with van der Waals surface area (Å²) in [4.78, 5) is 25.4. The van der Waals surface area contributed by atoms with Crippen molar-refractivity contribution in [1.29, 1.82) is 0 Å². The summed E-state index contributed by atoms with van der Waals surface area (Å²) in [6.07, 6.45) is 35.1. The van der Waals surface area contributed by atoms with Crippen molar-refractivity contribution in [3.8, 4) is 0 Å². The first-order valence-electron chi connectivity index (χ1n) is 22.0. The molecular weight excluding hydrogens is 777 g/mol. The molecule has 1 heterocycles. The predicted octanol–water partition coefficient (Wildman–Crippen LogP) is 8.72. The van der Waals surface area contributed by atoms with Crippen LogP contribution in [-0.4, -0.2) is 96.0 Å². The molecule has 1 rings (SSSR count). The molecule has 13 heteroatoms. The Hall–Kier alpha value is -2.91. The lowest BCUT2D eigenvalue weighted by atomic mass is 10.00. The number of aliphatic hydroxyl groups excluding tert-OH is 3. The van der Waals surface area contributed by atoms with Gasteiger partial charge in [-0.2, -0.15) is 8.42 Å². The minimum Gasteiger partial charge on any atom is -0.462 e. The van der Waals surface area contributed by atoms with Gasteiger partial charge in [0, 0.05) is 12.8 Å². The summed E-state index contributed by atoms with van der Waals surface area (Å²) >= 11 is 0. The molecule has 1 aliphatic heterocycles. The van der Waals surface area contributed by atoms with Gasteiger partial charge in [0.05, 0.1) is 6.61 Å². The molecule has 0 amide bonds. The van der Waals surface area contributed by atoms with Gasteiger partial charge in [0.15, 0.2) is 12.4 Å². The number of carbonyl (C=O) groups is 2. The fourth-order valence-corrected chi connectivity index (χ4v) is 6.73. The average Bonchev–Trinajstić information content (AvgIpc) is 3.20. The summed E-state index contributed by atoms with van der Waals surface area (Å²) in [7, 11) is -4.61. The molecule has 0 aromatic carbocycles. The quantitative estimate of drug-likeness (QED) is 0.0206. The van der Waals surface area contributed by atoms with Gasteiger partial charge in [-0.3, -0.25) is 14.1 Å². The lowest BCUT2D eigenvalue weighted by Gasteiger charge is -2.40. The van der Waals surface area contributed by atoms with E-state index in [1.54, 1.807) is 0 Å². The highest BCUT2D eigenvalue weighted by Gasteiger charge is 2.46. The molecule has 1 saturated heterocycles. The lowest BCUT2D eigenvalue weighted by Crippen LogP contribution is -2.60. The number of allylic oxidation sites excluding steroid dienone is 12. The first-order valence-corrected chi connectivity index (χ1v) is 23.6. The highest BCUT2D eigenvalue weighted by atomic mass is 32.2. The van der Waals surface area contributed by atoms with Gasteiger partial charge in [-0.1, -0.05) is 132 Å². The third kappa shape index (κ3) is 30.7. The number of esters is 2. The standard InChI is InChI=1S/C46H76O12S/c1-3-5-7-9-11-13-15-17-19-20-21-23-25-27-29-31-33-35-42(48)57-39(37-56-46-45(51)44(50)43(49)40(58-46)38-59(52,53)54)36-55-41(47)34-32-30-28-26-24-22-18-16-14-12-10-8-6-4-2/h7,9-10,12-13,15-16,18-20,23,25,39-40,43-46,49-51H,3-6,8,11,14,17,21-22,24,26-38H2,1-2H3,(H,52,53,54)/b9-7+,12-10+,15-13+,18-16+,20-19+,25-23+/t39-,40-,43-,44?,45?,46+/m1/s1. The van der Waals surface area contributed by atoms with E-state index < -0.39 is 71.2 Å². The topological polar surface area (TPSA) is 186 Å². The van der Waals surface area contributed by atoms with Crippen LogP contribution < -0.4 is 0 Å². The molecule has 2 unspecified atom stereocenters. The van der Waals surface area contributed by atoms with Crippen LogP contribution in [0.5, 0.6) is 0 Å². The molecule has 0 aromatic heterocycles. The van der Waals surface area contributed by atoms with E-state index in [0.717, 1.165) is 89.9 Å². The van der Waals surface area contributed by atoms with Crippen molar-refractivity contribution in [3.05, 3.63) is 72.9 Å². The van der Waals surface area contributed by atoms with Crippen LogP contribution in [-0.2, 0) is 38.7 Å². The van der Waals surface area contributed by atoms with Crippen LogP contribution in [0.1, 0.15) is 149 Å². The van der Waals surface area contributed by atoms with Crippen LogP contribution in [0, 0.1) is 0 Å². The molecule has 0 spiro atoms. The molecule has 4 N–H and O–H groups in total. The molecule has 6 atom stereocenters. The lowest BCUT2D eigenvalue weighted by molar-refractivity contribution is -0.297. The number of carbonyl (C=O) groups excluding carboxylic acids is 2. The molecule has 0 saturated carbocycles. The average molecular weight is 853 g/mol. The van der Waals surface area contributed by atoms with E-state index in [0.29, 0.717) is 12.8 Å². The monoisotopic (exact) mass is 853 g/mol. The zero-order valence-electron chi connectivity index (χ0n) is 35.8. The minimum atomic E-state index is -4.61. The van der Waals surface area contributed by atoms with Crippen LogP contribution in [0.15, 0.2) is 72.9 Å². The minimum absolute atomic E-state index is 0.120. The van der Waals surface area contributed by atoms with E-state index in [-0.39, 0.29) is 19.4 Å². The van der Waals surface area contributed by atoms with Gasteiger partial charge in [-0.05, 0) is 77.0 Å². The number of rotatable bonds is 35. The van der Waals surface area contributed by atoms with Crippen molar-refractivity contribution < 1.29 is 56.8 Å². The Bertz CT molecular complexity index is 1370. The summed E-state index contributed by atoms with van der Waals surface area (Å²) in [5, 5.41) is 30.9. The van der Waals surface area contributed by atoms with E-state index in [2.05, 4.69) is 86.8 Å². The molecule has 1 aliphatic rings. The van der Waals surface area contributed by atoms with Crippen molar-refractivity contribution in [2.75, 3.05) is 19.0 Å². The van der Waals surface area contributed by atoms with E-state index in [1.165, 1.54) is 19.3 Å². The molecule has 12 nitrogen and oxygen atoms in total. The normalized spacial score (nSPS) is 20.9. The number of unbranched alkanes of at least 4 members (excludes halogenated alkanes) is 11. The molecule has 0 radical (unpaired) electrons. The first kappa shape index (κ1) is 54.1. The van der Waals surface area contributed by atoms with Gasteiger partial charge in [-0.15, -0.1) is 0 Å². The van der Waals surface area contributed by atoms with Gasteiger partial charge in [0.25, 0.3) is 10.1 Å². The van der Waals surface area contributed by atoms with Gasteiger partial charge in [0.2, 0.25) is 0 Å². The third-order valence-electron chi connectivity index (χ3n) is 9.49. The Morgan fingerprint density at radius 1 is 0.576 bits per heavy atom. The Kier molecular flexibility index (Phi) is 32.8. The fourth-order valence-electron chi connectivity index (χ4n) is 6.04. The molecule has 0 aromatic rings. The van der Waals surface area contributed by atoms with Gasteiger partial charge < -0.3 is 34.3 Å². The van der Waals surface area contributed by atoms with Gasteiger partial charge >= 0.3 is 11.9 Å². The zero-order valence-corrected chi connectivity index (χ0v) is 36.6. The summed E-state index contributed by atoms with van der Waals surface area (Å²) < 4.78 is 54.0. The second kappa shape index (κ2) is 35.8. The molecule has 1 fully saturated rings. The second-order valence-corrected chi connectivity index (χ2v) is 16.5. The van der Waals surface area contributed by atoms with Crippen LogP contribution in [0.25, 0.3) is 0 Å². The van der Waals surface area contributed by atoms with E-state index in [9.17, 15) is 37.9 Å². The Labute approximate surface area is 355 Å². The predicted molar refractivity (Wildman–Crippen MR) is 233 cm³/mol. The molecule has 338 valence electrons. The van der Waals surface area contributed by atoms with E-state index in [4.69, 9.17) is 18.9 Å². The smallest absolute Gasteiger partial charge is 0.306 e. The molecule has 59 heavy (non-hydrogen) atoms. The van der Waals surface area contributed by atoms with Crippen molar-refractivity contribution in [2.45, 2.75) is 185 Å². The third-order valence-corrected chi connectivity index (χ3v) is 10.2. The zero-order chi connectivity index (χ0) is 43.4. The van der Waals surface area contributed by atoms with Crippen LogP contribution in [0.4, 0.5) is 0 Å². The highest BCUT2D eigenvalue weighted by molar-refractivity contribution is 7.85. The number of ether oxygens (including phenoxy) is 4. The molecule has 0 bridgehead atoms. The first-order chi connectivity index (χ1) is 28.5. The van der Waals surface area contributed by atoms with Crippen LogP contribution >= 0.6 is 0 Å². The second-order valence-electron chi connectivity index (χ2n) is 15.0. The summed E-state index contributed by atoms with van der Waals surface area (Å²) in [5.41, 5.74) is 0. The fraction of sp³-hybridized carbons (Fsp3) is 0.696. The van der Waals surface area contributed by atoms with Crippen molar-refractivity contribution >= 4 is 22.1 Å². The van der Waals surface area contributed by atoms with Crippen molar-refractivity contribution in [3.63, 3.8) is 0 Å². The largest absolute Gasteiger partial charge is 0.462 e. The van der Waals surface area contributed by atoms with Crippen LogP contribution in [0.2, 0.25) is 0 Å². The van der Waals surface area contributed by atoms with Gasteiger partial charge in [0.1, 0.15) is 36.8 Å². The Morgan fingerprint density at radius 2 is 1.05 bits per heavy atom. The summed E-state index contributed by atoms with van der Waals surface area (Å²) in [5.74, 6) is -2.05. The SMILES string of the molecule is CCC/C=C/C/C=C/C/C=C/C/C=C/CCCCCC(=O)O[C@H](COC(=O)CCCCCCC/C=C/C/C=C/CCCC)CO[C@H]1O[C@H](CS(=O)(=O)O)[C@@H](O)C(O)C1O. The van der Waals surface area contributed by atoms with Gasteiger partial charge in [-0.25, -0.2) is 0 Å². The maximum absolute atomic E-state index is 12.8. The number of hydrogen-bond donors (Lipinski definition) is 4. The maximum atomic E-state index is 12.8. The van der Waals surface area contributed by atoms with Crippen LogP contribution in [0.3, 0.4) is 0 Å². The Morgan fingerprint density at radius 3 is 1.59 bits per heavy atom. The summed E-state index contributed by atoms with van der Waals surface area (Å²) in [6, 6.07) is 0. The number of hydrogen-bond acceptors (Lipinski definition) is 11. The Balaban J connectivity index is 2.51. The maximum Gasteiger partial charge on any atom is 0.306 e. The van der Waals surface area contributed by atoms with E-state index >= 15 is 0 Å². The highest BCUT2D eigenvalue weighted by Crippen LogP contribution is 2.24. The molecule has 0 aliphatic carbocycles. The molecular formula is C46H76O12S. The van der Waals surface area contributed by atoms with Crippen molar-refractivity contribution in [1.82, 2.24) is 0 Å². The van der Waals surface area contributed by atoms with Crippen molar-refractivity contribution in [2.24, 2.45) is 0 Å². The van der Waals surface area contributed by atoms with E-state index in [1.807, 2.05) is 0 Å².